The fraction of sp³-hybridized carbons (Fsp3) is 0.438. The van der Waals surface area contributed by atoms with Crippen LogP contribution in [0.15, 0.2) is 27.1 Å². The van der Waals surface area contributed by atoms with Gasteiger partial charge in [-0.05, 0) is 44.4 Å². The van der Waals surface area contributed by atoms with Gasteiger partial charge in [0.25, 0.3) is 0 Å². The number of aromatic nitrogens is 2. The third-order valence-electron chi connectivity index (χ3n) is 3.79. The lowest BCUT2D eigenvalue weighted by atomic mass is 10.3. The smallest absolute Gasteiger partial charge is 0.248 e. The molecule has 0 radical (unpaired) electrons. The van der Waals surface area contributed by atoms with E-state index in [0.717, 1.165) is 5.76 Å². The van der Waals surface area contributed by atoms with Gasteiger partial charge in [-0.1, -0.05) is 12.1 Å². The van der Waals surface area contributed by atoms with Gasteiger partial charge in [-0.2, -0.15) is 4.98 Å². The summed E-state index contributed by atoms with van der Waals surface area (Å²) in [7, 11) is 0. The summed E-state index contributed by atoms with van der Waals surface area (Å²) in [5.41, 5.74) is 0. The van der Waals surface area contributed by atoms with E-state index in [4.69, 9.17) is 8.94 Å². The molecule has 1 saturated carbocycles. The van der Waals surface area contributed by atoms with Crippen molar-refractivity contribution < 1.29 is 13.7 Å². The second kappa shape index (κ2) is 5.79. The van der Waals surface area contributed by atoms with Gasteiger partial charge >= 0.3 is 0 Å². The Morgan fingerprint density at radius 2 is 2.27 bits per heavy atom. The largest absolute Gasteiger partial charge is 0.461 e. The molecule has 0 aliphatic heterocycles. The zero-order valence-corrected chi connectivity index (χ0v) is 12.9. The lowest BCUT2D eigenvalue weighted by Gasteiger charge is -2.06. The normalized spacial score (nSPS) is 22.0. The average Bonchev–Trinajstić information content (AvgIpc) is 2.91. The van der Waals surface area contributed by atoms with Gasteiger partial charge in [-0.3, -0.25) is 4.79 Å². The molecule has 0 bridgehead atoms. The molecule has 0 spiro atoms. The van der Waals surface area contributed by atoms with Crippen molar-refractivity contribution in [2.45, 2.75) is 39.2 Å². The molecule has 0 saturated heterocycles. The molecule has 1 aliphatic rings. The fourth-order valence-electron chi connectivity index (χ4n) is 2.35. The van der Waals surface area contributed by atoms with Gasteiger partial charge in [0, 0.05) is 12.0 Å². The number of aryl methyl sites for hydroxylation is 1. The number of furan rings is 1. The minimum atomic E-state index is -0.335. The first kappa shape index (κ1) is 14.6. The Bertz CT molecular complexity index is 701. The summed E-state index contributed by atoms with van der Waals surface area (Å²) in [4.78, 5) is 16.0. The van der Waals surface area contributed by atoms with Crippen molar-refractivity contribution in [3.8, 4) is 0 Å². The molecular formula is C16H19N3O3. The van der Waals surface area contributed by atoms with Crippen LogP contribution in [0, 0.1) is 12.8 Å². The Kier molecular flexibility index (Phi) is 3.83. The van der Waals surface area contributed by atoms with Crippen LogP contribution in [0.25, 0.3) is 6.08 Å². The maximum atomic E-state index is 11.9. The zero-order chi connectivity index (χ0) is 15.7. The van der Waals surface area contributed by atoms with E-state index < -0.39 is 0 Å². The Morgan fingerprint density at radius 1 is 1.50 bits per heavy atom. The molecule has 3 atom stereocenters. The Morgan fingerprint density at radius 3 is 2.91 bits per heavy atom. The van der Waals surface area contributed by atoms with E-state index in [1.165, 1.54) is 12.5 Å². The third kappa shape index (κ3) is 3.27. The SMILES string of the molecule is Cc1noc(C(C)NC(=O)/C=C/c2ccc(C3CC3C)o2)n1. The number of nitrogens with one attached hydrogen (secondary N) is 1. The van der Waals surface area contributed by atoms with E-state index in [0.29, 0.717) is 29.3 Å². The van der Waals surface area contributed by atoms with Crippen LogP contribution in [-0.4, -0.2) is 16.0 Å². The van der Waals surface area contributed by atoms with Crippen LogP contribution in [0.2, 0.25) is 0 Å². The summed E-state index contributed by atoms with van der Waals surface area (Å²) in [6.07, 6.45) is 4.29. The first-order chi connectivity index (χ1) is 10.5. The van der Waals surface area contributed by atoms with Gasteiger partial charge in [0.15, 0.2) is 5.82 Å². The summed E-state index contributed by atoms with van der Waals surface area (Å²) in [6.45, 7) is 5.73. The highest BCUT2D eigenvalue weighted by atomic mass is 16.5. The van der Waals surface area contributed by atoms with Crippen molar-refractivity contribution >= 4 is 12.0 Å². The number of rotatable bonds is 5. The fourth-order valence-corrected chi connectivity index (χ4v) is 2.35. The predicted molar refractivity (Wildman–Crippen MR) is 79.9 cm³/mol. The monoisotopic (exact) mass is 301 g/mol. The van der Waals surface area contributed by atoms with E-state index in [2.05, 4.69) is 22.4 Å². The molecule has 1 fully saturated rings. The highest BCUT2D eigenvalue weighted by Gasteiger charge is 2.36. The molecule has 2 aromatic rings. The van der Waals surface area contributed by atoms with Crippen LogP contribution in [0.5, 0.6) is 0 Å². The quantitative estimate of drug-likeness (QED) is 0.859. The number of carbonyl (C=O) groups is 1. The molecule has 1 N–H and O–H groups in total. The van der Waals surface area contributed by atoms with E-state index in [-0.39, 0.29) is 11.9 Å². The van der Waals surface area contributed by atoms with E-state index in [1.54, 1.807) is 19.9 Å². The highest BCUT2D eigenvalue weighted by molar-refractivity contribution is 5.91. The van der Waals surface area contributed by atoms with Crippen LogP contribution < -0.4 is 5.32 Å². The molecule has 1 aliphatic carbocycles. The van der Waals surface area contributed by atoms with Crippen molar-refractivity contribution in [1.29, 1.82) is 0 Å². The van der Waals surface area contributed by atoms with Crippen molar-refractivity contribution in [2.24, 2.45) is 5.92 Å². The highest BCUT2D eigenvalue weighted by Crippen LogP contribution is 2.47. The summed E-state index contributed by atoms with van der Waals surface area (Å²) >= 11 is 0. The van der Waals surface area contributed by atoms with Gasteiger partial charge in [-0.15, -0.1) is 0 Å². The summed E-state index contributed by atoms with van der Waals surface area (Å²) in [5, 5.41) is 6.46. The number of hydrogen-bond donors (Lipinski definition) is 1. The van der Waals surface area contributed by atoms with Crippen molar-refractivity contribution in [3.05, 3.63) is 41.4 Å². The molecule has 1 amide bonds. The first-order valence-corrected chi connectivity index (χ1v) is 7.41. The number of hydrogen-bond acceptors (Lipinski definition) is 5. The van der Waals surface area contributed by atoms with E-state index in [9.17, 15) is 4.79 Å². The van der Waals surface area contributed by atoms with Crippen molar-refractivity contribution in [2.75, 3.05) is 0 Å². The van der Waals surface area contributed by atoms with E-state index >= 15 is 0 Å². The molecule has 2 aromatic heterocycles. The average molecular weight is 301 g/mol. The minimum Gasteiger partial charge on any atom is -0.461 e. The van der Waals surface area contributed by atoms with Gasteiger partial charge in [-0.25, -0.2) is 0 Å². The zero-order valence-electron chi connectivity index (χ0n) is 12.9. The number of amides is 1. The number of carbonyl (C=O) groups excluding carboxylic acids is 1. The van der Waals surface area contributed by atoms with Crippen LogP contribution >= 0.6 is 0 Å². The Labute approximate surface area is 128 Å². The lowest BCUT2D eigenvalue weighted by molar-refractivity contribution is -0.117. The predicted octanol–water partition coefficient (Wildman–Crippen LogP) is 2.99. The standard InChI is InChI=1S/C16H19N3O3/c1-9-8-13(9)14-6-4-12(21-14)5-7-15(20)17-10(2)16-18-11(3)19-22-16/h4-7,9-10,13H,8H2,1-3H3,(H,17,20)/b7-5+. The molecule has 6 heteroatoms. The molecule has 0 aromatic carbocycles. The second-order valence-corrected chi connectivity index (χ2v) is 5.80. The van der Waals surface area contributed by atoms with Gasteiger partial charge in [0.2, 0.25) is 11.8 Å². The van der Waals surface area contributed by atoms with Crippen LogP contribution in [0.3, 0.4) is 0 Å². The van der Waals surface area contributed by atoms with Gasteiger partial charge in [0.1, 0.15) is 17.6 Å². The summed E-state index contributed by atoms with van der Waals surface area (Å²) in [6, 6.07) is 3.53. The third-order valence-corrected chi connectivity index (χ3v) is 3.79. The van der Waals surface area contributed by atoms with Crippen molar-refractivity contribution in [3.63, 3.8) is 0 Å². The van der Waals surface area contributed by atoms with Crippen LogP contribution in [0.1, 0.15) is 55.5 Å². The molecule has 116 valence electrons. The van der Waals surface area contributed by atoms with Gasteiger partial charge < -0.3 is 14.3 Å². The Balaban J connectivity index is 1.55. The second-order valence-electron chi connectivity index (χ2n) is 5.80. The topological polar surface area (TPSA) is 81.2 Å². The minimum absolute atomic E-state index is 0.235. The molecule has 3 rings (SSSR count). The number of nitrogens with zero attached hydrogens (tertiary/aromatic N) is 2. The van der Waals surface area contributed by atoms with Crippen molar-refractivity contribution in [1.82, 2.24) is 15.5 Å². The summed E-state index contributed by atoms with van der Waals surface area (Å²) in [5.74, 6) is 3.63. The maximum absolute atomic E-state index is 11.9. The maximum Gasteiger partial charge on any atom is 0.248 e. The lowest BCUT2D eigenvalue weighted by Crippen LogP contribution is -2.24. The molecular weight excluding hydrogens is 282 g/mol. The van der Waals surface area contributed by atoms with E-state index in [1.807, 2.05) is 12.1 Å². The molecule has 2 heterocycles. The first-order valence-electron chi connectivity index (χ1n) is 7.41. The van der Waals surface area contributed by atoms with Crippen LogP contribution in [0.4, 0.5) is 0 Å². The summed E-state index contributed by atoms with van der Waals surface area (Å²) < 4.78 is 10.7. The van der Waals surface area contributed by atoms with Crippen LogP contribution in [-0.2, 0) is 4.79 Å². The molecule has 6 nitrogen and oxygen atoms in total. The molecule has 22 heavy (non-hydrogen) atoms. The molecule has 3 unspecified atom stereocenters. The van der Waals surface area contributed by atoms with Gasteiger partial charge in [0.05, 0.1) is 0 Å². The Hall–Kier alpha value is -2.37.